The minimum atomic E-state index is -0.745. The van der Waals surface area contributed by atoms with E-state index in [1.807, 2.05) is 11.8 Å². The van der Waals surface area contributed by atoms with E-state index in [2.05, 4.69) is 12.2 Å². The van der Waals surface area contributed by atoms with Crippen LogP contribution in [-0.2, 0) is 9.59 Å². The van der Waals surface area contributed by atoms with Crippen molar-refractivity contribution >= 4 is 11.9 Å². The molecule has 1 aliphatic heterocycles. The fraction of sp³-hybridized carbons (Fsp3) is 0.882. The molecule has 6 atom stereocenters. The first-order valence-electron chi connectivity index (χ1n) is 8.73. The molecule has 0 radical (unpaired) electrons. The van der Waals surface area contributed by atoms with Gasteiger partial charge in [-0.25, -0.2) is 0 Å². The molecular formula is C17H28N2O3. The van der Waals surface area contributed by atoms with Crippen LogP contribution in [-0.4, -0.2) is 47.1 Å². The molecule has 0 aromatic carbocycles. The van der Waals surface area contributed by atoms with Gasteiger partial charge in [-0.3, -0.25) is 14.5 Å². The maximum atomic E-state index is 12.5. The van der Waals surface area contributed by atoms with Crippen LogP contribution in [0.25, 0.3) is 0 Å². The van der Waals surface area contributed by atoms with Gasteiger partial charge < -0.3 is 10.4 Å². The number of carboxylic acids is 1. The summed E-state index contributed by atoms with van der Waals surface area (Å²) in [7, 11) is 0. The molecule has 0 spiro atoms. The van der Waals surface area contributed by atoms with Gasteiger partial charge in [0.05, 0.1) is 12.0 Å². The van der Waals surface area contributed by atoms with E-state index < -0.39 is 5.97 Å². The number of carbonyl (C=O) groups is 2. The van der Waals surface area contributed by atoms with Crippen molar-refractivity contribution in [3.05, 3.63) is 0 Å². The Morgan fingerprint density at radius 3 is 2.50 bits per heavy atom. The molecule has 3 aliphatic rings. The molecule has 124 valence electrons. The third-order valence-corrected chi connectivity index (χ3v) is 6.30. The first-order valence-corrected chi connectivity index (χ1v) is 8.73. The van der Waals surface area contributed by atoms with Gasteiger partial charge in [0.15, 0.2) is 0 Å². The van der Waals surface area contributed by atoms with E-state index in [-0.39, 0.29) is 23.9 Å². The molecule has 1 amide bonds. The van der Waals surface area contributed by atoms with Crippen LogP contribution in [0.3, 0.4) is 0 Å². The zero-order valence-electron chi connectivity index (χ0n) is 13.6. The molecule has 2 N–H and O–H groups in total. The summed E-state index contributed by atoms with van der Waals surface area (Å²) in [6.07, 6.45) is 5.98. The number of likely N-dealkylation sites (tertiary alicyclic amines) is 1. The van der Waals surface area contributed by atoms with Gasteiger partial charge in [0.1, 0.15) is 0 Å². The fourth-order valence-corrected chi connectivity index (χ4v) is 4.86. The second kappa shape index (κ2) is 6.19. The van der Waals surface area contributed by atoms with Crippen molar-refractivity contribution in [2.24, 2.45) is 23.7 Å². The third-order valence-electron chi connectivity index (χ3n) is 6.30. The topological polar surface area (TPSA) is 69.6 Å². The van der Waals surface area contributed by atoms with Crippen LogP contribution in [0.2, 0.25) is 0 Å². The molecule has 5 nitrogen and oxygen atoms in total. The molecule has 3 fully saturated rings. The van der Waals surface area contributed by atoms with Gasteiger partial charge in [-0.15, -0.1) is 0 Å². The largest absolute Gasteiger partial charge is 0.481 e. The van der Waals surface area contributed by atoms with Crippen molar-refractivity contribution < 1.29 is 14.7 Å². The average Bonchev–Trinajstić information content (AvgIpc) is 3.21. The smallest absolute Gasteiger partial charge is 0.307 e. The van der Waals surface area contributed by atoms with Crippen molar-refractivity contribution in [1.29, 1.82) is 0 Å². The lowest BCUT2D eigenvalue weighted by Crippen LogP contribution is -2.49. The number of carboxylic acid groups (broad SMARTS) is 1. The van der Waals surface area contributed by atoms with Crippen molar-refractivity contribution in [2.45, 2.75) is 58.0 Å². The number of hydrogen-bond donors (Lipinski definition) is 2. The molecule has 22 heavy (non-hydrogen) atoms. The van der Waals surface area contributed by atoms with Crippen LogP contribution in [0.5, 0.6) is 0 Å². The Balaban J connectivity index is 1.50. The number of rotatable bonds is 5. The number of nitrogens with zero attached hydrogens (tertiary/aromatic N) is 1. The van der Waals surface area contributed by atoms with Crippen molar-refractivity contribution in [3.8, 4) is 0 Å². The molecule has 1 heterocycles. The summed E-state index contributed by atoms with van der Waals surface area (Å²) >= 11 is 0. The highest BCUT2D eigenvalue weighted by molar-refractivity contribution is 5.82. The first-order chi connectivity index (χ1) is 10.5. The van der Waals surface area contributed by atoms with Gasteiger partial charge >= 0.3 is 5.97 Å². The average molecular weight is 308 g/mol. The summed E-state index contributed by atoms with van der Waals surface area (Å²) < 4.78 is 0. The lowest BCUT2D eigenvalue weighted by atomic mass is 9.84. The highest BCUT2D eigenvalue weighted by Gasteiger charge is 2.42. The Hall–Kier alpha value is -1.10. The molecule has 0 aromatic heterocycles. The molecule has 0 aromatic rings. The summed E-state index contributed by atoms with van der Waals surface area (Å²) in [4.78, 5) is 25.5. The second-order valence-corrected chi connectivity index (χ2v) is 7.63. The van der Waals surface area contributed by atoms with Crippen LogP contribution in [0.1, 0.15) is 46.0 Å². The van der Waals surface area contributed by atoms with Crippen LogP contribution >= 0.6 is 0 Å². The fourth-order valence-electron chi connectivity index (χ4n) is 4.86. The van der Waals surface area contributed by atoms with Crippen LogP contribution < -0.4 is 5.32 Å². The minimum Gasteiger partial charge on any atom is -0.481 e. The standard InChI is InChI=1S/C17H28N2O3/c1-10(15-8-12-3-4-13(15)7-12)18-16(20)11(2)19-6-5-14(9-19)17(21)22/h10-15H,3-9H2,1-2H3,(H,18,20)(H,21,22). The Bertz CT molecular complexity index is 453. The van der Waals surface area contributed by atoms with Gasteiger partial charge in [-0.05, 0) is 63.8 Å². The van der Waals surface area contributed by atoms with Crippen LogP contribution in [0.15, 0.2) is 0 Å². The summed E-state index contributed by atoms with van der Waals surface area (Å²) in [6.45, 7) is 5.23. The maximum Gasteiger partial charge on any atom is 0.307 e. The summed E-state index contributed by atoms with van der Waals surface area (Å²) in [5.41, 5.74) is 0. The van der Waals surface area contributed by atoms with Crippen molar-refractivity contribution in [1.82, 2.24) is 10.2 Å². The quantitative estimate of drug-likeness (QED) is 0.811. The predicted octanol–water partition coefficient (Wildman–Crippen LogP) is 1.72. The molecule has 5 heteroatoms. The number of aliphatic carboxylic acids is 1. The van der Waals surface area contributed by atoms with Gasteiger partial charge in [0.2, 0.25) is 5.91 Å². The zero-order chi connectivity index (χ0) is 15.9. The van der Waals surface area contributed by atoms with E-state index in [0.717, 1.165) is 11.8 Å². The van der Waals surface area contributed by atoms with Gasteiger partial charge in [-0.1, -0.05) is 6.42 Å². The van der Waals surface area contributed by atoms with E-state index in [1.165, 1.54) is 25.7 Å². The Kier molecular flexibility index (Phi) is 4.44. The molecule has 6 unspecified atom stereocenters. The zero-order valence-corrected chi connectivity index (χ0v) is 13.6. The van der Waals surface area contributed by atoms with E-state index in [4.69, 9.17) is 5.11 Å². The van der Waals surface area contributed by atoms with Crippen molar-refractivity contribution in [3.63, 3.8) is 0 Å². The number of carbonyl (C=O) groups excluding carboxylic acids is 1. The van der Waals surface area contributed by atoms with Crippen LogP contribution in [0.4, 0.5) is 0 Å². The highest BCUT2D eigenvalue weighted by atomic mass is 16.4. The Labute approximate surface area is 132 Å². The van der Waals surface area contributed by atoms with Gasteiger partial charge in [-0.2, -0.15) is 0 Å². The normalized spacial score (nSPS) is 37.2. The number of fused-ring (bicyclic) bond motifs is 2. The van der Waals surface area contributed by atoms with E-state index >= 15 is 0 Å². The maximum absolute atomic E-state index is 12.5. The lowest BCUT2D eigenvalue weighted by molar-refractivity contribution is -0.141. The third kappa shape index (κ3) is 3.00. The number of amides is 1. The van der Waals surface area contributed by atoms with E-state index in [1.54, 1.807) is 0 Å². The van der Waals surface area contributed by atoms with Crippen LogP contribution in [0, 0.1) is 23.7 Å². The van der Waals surface area contributed by atoms with E-state index in [0.29, 0.717) is 25.4 Å². The Morgan fingerprint density at radius 2 is 1.95 bits per heavy atom. The first kappa shape index (κ1) is 15.8. The monoisotopic (exact) mass is 308 g/mol. The molecule has 2 bridgehead atoms. The van der Waals surface area contributed by atoms with Gasteiger partial charge in [0, 0.05) is 12.6 Å². The second-order valence-electron chi connectivity index (χ2n) is 7.63. The molecule has 1 saturated heterocycles. The minimum absolute atomic E-state index is 0.0568. The van der Waals surface area contributed by atoms with Crippen molar-refractivity contribution in [2.75, 3.05) is 13.1 Å². The highest BCUT2D eigenvalue weighted by Crippen LogP contribution is 2.49. The predicted molar refractivity (Wildman–Crippen MR) is 83.3 cm³/mol. The Morgan fingerprint density at radius 1 is 1.18 bits per heavy atom. The number of hydrogen-bond acceptors (Lipinski definition) is 3. The summed E-state index contributed by atoms with van der Waals surface area (Å²) in [6, 6.07) is 0.00788. The van der Waals surface area contributed by atoms with Gasteiger partial charge in [0.25, 0.3) is 0 Å². The SMILES string of the molecule is CC(NC(=O)C(C)N1CCC(C(=O)O)C1)C1CC2CCC1C2. The molecule has 2 aliphatic carbocycles. The molecule has 3 rings (SSSR count). The van der Waals surface area contributed by atoms with E-state index in [9.17, 15) is 9.59 Å². The molecular weight excluding hydrogens is 280 g/mol. The number of nitrogens with one attached hydrogen (secondary N) is 1. The molecule has 2 saturated carbocycles. The lowest BCUT2D eigenvalue weighted by Gasteiger charge is -2.31. The summed E-state index contributed by atoms with van der Waals surface area (Å²) in [5.74, 6) is 1.32. The summed E-state index contributed by atoms with van der Waals surface area (Å²) in [5, 5.41) is 12.3.